The van der Waals surface area contributed by atoms with Gasteiger partial charge in [0.2, 0.25) is 15.9 Å². The van der Waals surface area contributed by atoms with Gasteiger partial charge in [-0.05, 0) is 99.5 Å². The highest BCUT2D eigenvalue weighted by Gasteiger charge is 2.42. The van der Waals surface area contributed by atoms with E-state index in [9.17, 15) is 18.0 Å². The molecule has 44 heavy (non-hydrogen) atoms. The van der Waals surface area contributed by atoms with Crippen molar-refractivity contribution in [2.75, 3.05) is 32.4 Å². The maximum Gasteiger partial charge on any atom is 0.255 e. The number of hydrogen-bond acceptors (Lipinski definition) is 5. The second-order valence-electron chi connectivity index (χ2n) is 11.7. The van der Waals surface area contributed by atoms with E-state index in [0.717, 1.165) is 31.3 Å². The average Bonchev–Trinajstić information content (AvgIpc) is 3.73. The largest absolute Gasteiger partial charge is 0.368 e. The zero-order chi connectivity index (χ0) is 31.6. The van der Waals surface area contributed by atoms with Crippen molar-refractivity contribution in [3.05, 3.63) is 74.9 Å². The number of carbonyl (C=O) groups excluding carboxylic acids is 2. The second kappa shape index (κ2) is 13.4. The van der Waals surface area contributed by atoms with Gasteiger partial charge >= 0.3 is 0 Å². The molecule has 2 heterocycles. The number of primary amides is 1. The molecule has 2 amide bonds. The highest BCUT2D eigenvalue weighted by Crippen LogP contribution is 2.37. The van der Waals surface area contributed by atoms with Crippen molar-refractivity contribution >= 4 is 56.6 Å². The van der Waals surface area contributed by atoms with Crippen LogP contribution < -0.4 is 15.8 Å². The van der Waals surface area contributed by atoms with Gasteiger partial charge in [-0.3, -0.25) is 9.59 Å². The molecule has 0 atom stereocenters. The fourth-order valence-corrected chi connectivity index (χ4v) is 6.86. The molecule has 0 spiro atoms. The van der Waals surface area contributed by atoms with Crippen molar-refractivity contribution in [1.29, 1.82) is 0 Å². The van der Waals surface area contributed by atoms with Crippen LogP contribution in [0, 0.1) is 5.92 Å². The zero-order valence-corrected chi connectivity index (χ0v) is 27.5. The van der Waals surface area contributed by atoms with Crippen molar-refractivity contribution in [2.45, 2.75) is 44.1 Å². The number of benzene rings is 2. The van der Waals surface area contributed by atoms with Crippen molar-refractivity contribution in [2.24, 2.45) is 11.7 Å². The molecule has 1 aromatic heterocycles. The number of aromatic nitrogens is 1. The molecule has 1 saturated carbocycles. The minimum atomic E-state index is -3.38. The first kappa shape index (κ1) is 32.8. The Morgan fingerprint density at radius 2 is 1.66 bits per heavy atom. The Hall–Kier alpha value is -2.60. The van der Waals surface area contributed by atoms with Gasteiger partial charge in [-0.1, -0.05) is 34.8 Å². The topological polar surface area (TPSA) is 127 Å². The van der Waals surface area contributed by atoms with Crippen LogP contribution in [0.4, 0.5) is 0 Å². The summed E-state index contributed by atoms with van der Waals surface area (Å²) in [7, 11) is -3.38. The third-order valence-electron chi connectivity index (χ3n) is 8.38. The Kier molecular flexibility index (Phi) is 9.99. The predicted octanol–water partition coefficient (Wildman–Crippen LogP) is 5.05. The Bertz CT molecular complexity index is 1650. The third kappa shape index (κ3) is 7.61. The number of likely N-dealkylation sites (tertiary alicyclic amines) is 1. The van der Waals surface area contributed by atoms with Crippen LogP contribution >= 0.6 is 34.8 Å². The summed E-state index contributed by atoms with van der Waals surface area (Å²) in [6.07, 6.45) is 5.08. The second-order valence-corrected chi connectivity index (χ2v) is 14.8. The van der Waals surface area contributed by atoms with E-state index < -0.39 is 21.5 Å². The number of hydrogen-bond donors (Lipinski definition) is 3. The van der Waals surface area contributed by atoms with Crippen molar-refractivity contribution < 1.29 is 18.0 Å². The molecule has 2 aliphatic rings. The molecule has 2 fully saturated rings. The van der Waals surface area contributed by atoms with Crippen molar-refractivity contribution in [3.8, 4) is 16.9 Å². The summed E-state index contributed by atoms with van der Waals surface area (Å²) in [6.45, 7) is 1.67. The van der Waals surface area contributed by atoms with E-state index in [4.69, 9.17) is 40.5 Å². The molecule has 3 aromatic rings. The Balaban J connectivity index is 1.53. The van der Waals surface area contributed by atoms with Gasteiger partial charge in [0.15, 0.2) is 0 Å². The lowest BCUT2D eigenvalue weighted by Gasteiger charge is -2.40. The van der Waals surface area contributed by atoms with Gasteiger partial charge in [-0.25, -0.2) is 13.1 Å². The van der Waals surface area contributed by atoms with Crippen LogP contribution in [0.3, 0.4) is 0 Å². The first-order chi connectivity index (χ1) is 20.9. The maximum absolute atomic E-state index is 14.3. The van der Waals surface area contributed by atoms with Crippen LogP contribution in [0.2, 0.25) is 15.1 Å². The molecule has 0 bridgehead atoms. The summed E-state index contributed by atoms with van der Waals surface area (Å²) in [5.41, 5.74) is 8.31. The molecule has 1 aliphatic heterocycles. The summed E-state index contributed by atoms with van der Waals surface area (Å²) in [4.78, 5) is 28.6. The molecule has 0 unspecified atom stereocenters. The summed E-state index contributed by atoms with van der Waals surface area (Å²) in [5.74, 6) is 0.00429. The molecule has 1 saturated heterocycles. The van der Waals surface area contributed by atoms with Crippen LogP contribution in [0.25, 0.3) is 16.9 Å². The molecular weight excluding hydrogens is 645 g/mol. The number of nitrogens with two attached hydrogens (primary N) is 1. The number of rotatable bonds is 12. The first-order valence-corrected chi connectivity index (χ1v) is 17.6. The predicted molar refractivity (Wildman–Crippen MR) is 175 cm³/mol. The third-order valence-corrected chi connectivity index (χ3v) is 9.91. The zero-order valence-electron chi connectivity index (χ0n) is 24.4. The molecule has 2 aromatic carbocycles. The normalized spacial score (nSPS) is 16.7. The number of carbonyl (C=O) groups is 2. The summed E-state index contributed by atoms with van der Waals surface area (Å²) in [5, 5.41) is 4.87. The van der Waals surface area contributed by atoms with Crippen LogP contribution in [0.5, 0.6) is 0 Å². The van der Waals surface area contributed by atoms with E-state index in [1.54, 1.807) is 29.2 Å². The number of amides is 2. The van der Waals surface area contributed by atoms with E-state index in [1.807, 2.05) is 28.8 Å². The fourth-order valence-electron chi connectivity index (χ4n) is 5.71. The van der Waals surface area contributed by atoms with Gasteiger partial charge in [0.25, 0.3) is 5.91 Å². The lowest BCUT2D eigenvalue weighted by Crippen LogP contribution is -2.61. The Labute approximate surface area is 273 Å². The fraction of sp³-hybridized carbons (Fsp3) is 0.419. The van der Waals surface area contributed by atoms with Crippen LogP contribution in [0.15, 0.2) is 48.5 Å². The van der Waals surface area contributed by atoms with Gasteiger partial charge in [0.05, 0.1) is 22.5 Å². The van der Waals surface area contributed by atoms with Gasteiger partial charge in [-0.15, -0.1) is 0 Å². The average molecular weight is 681 g/mol. The van der Waals surface area contributed by atoms with E-state index in [2.05, 4.69) is 10.0 Å². The quantitative estimate of drug-likeness (QED) is 0.231. The van der Waals surface area contributed by atoms with Gasteiger partial charge in [0, 0.05) is 46.6 Å². The molecule has 4 N–H and O–H groups in total. The molecule has 1 aliphatic carbocycles. The molecule has 0 radical (unpaired) electrons. The molecule has 9 nitrogen and oxygen atoms in total. The van der Waals surface area contributed by atoms with Gasteiger partial charge in [0.1, 0.15) is 5.54 Å². The van der Waals surface area contributed by atoms with Crippen LogP contribution in [0.1, 0.15) is 48.2 Å². The molecule has 236 valence electrons. The van der Waals surface area contributed by atoms with Crippen molar-refractivity contribution in [1.82, 2.24) is 19.5 Å². The molecule has 5 rings (SSSR count). The first-order valence-electron chi connectivity index (χ1n) is 14.6. The van der Waals surface area contributed by atoms with Gasteiger partial charge < -0.3 is 20.5 Å². The number of halogens is 3. The minimum absolute atomic E-state index is 0.185. The van der Waals surface area contributed by atoms with E-state index in [1.165, 1.54) is 0 Å². The highest BCUT2D eigenvalue weighted by atomic mass is 35.5. The van der Waals surface area contributed by atoms with E-state index >= 15 is 0 Å². The Morgan fingerprint density at radius 3 is 2.25 bits per heavy atom. The molecule has 13 heteroatoms. The molecular formula is C31H36Cl3N5O4S. The smallest absolute Gasteiger partial charge is 0.255 e. The minimum Gasteiger partial charge on any atom is -0.368 e. The van der Waals surface area contributed by atoms with E-state index in [0.29, 0.717) is 82.3 Å². The Morgan fingerprint density at radius 1 is 1.00 bits per heavy atom. The summed E-state index contributed by atoms with van der Waals surface area (Å²) < 4.78 is 28.0. The standard InChI is InChI=1S/C31H36Cl3N5O4S/c1-44(42,43)37-14-2-3-27-25(29(40)38-15-12-31(13-16-38,30(35)41)36-19-20-4-5-20)18-28(24-11-8-22(33)17-26(24)34)39(27)23-9-6-21(32)7-10-23/h6-11,17-18,20,36-37H,2-5,12-16,19H2,1H3,(H2,35,41). The van der Waals surface area contributed by atoms with Crippen LogP contribution in [-0.2, 0) is 21.2 Å². The number of nitrogens with one attached hydrogen (secondary N) is 2. The number of nitrogens with zero attached hydrogens (tertiary/aromatic N) is 2. The van der Waals surface area contributed by atoms with Crippen molar-refractivity contribution in [3.63, 3.8) is 0 Å². The summed E-state index contributed by atoms with van der Waals surface area (Å²) in [6, 6.07) is 14.3. The monoisotopic (exact) mass is 679 g/mol. The lowest BCUT2D eigenvalue weighted by atomic mass is 9.86. The summed E-state index contributed by atoms with van der Waals surface area (Å²) >= 11 is 19.1. The number of sulfonamides is 1. The highest BCUT2D eigenvalue weighted by molar-refractivity contribution is 7.88. The van der Waals surface area contributed by atoms with Crippen LogP contribution in [-0.4, -0.2) is 67.7 Å². The number of piperidine rings is 1. The lowest BCUT2D eigenvalue weighted by molar-refractivity contribution is -0.126. The van der Waals surface area contributed by atoms with E-state index in [-0.39, 0.29) is 12.5 Å². The maximum atomic E-state index is 14.3. The SMILES string of the molecule is CS(=O)(=O)NCCCc1c(C(=O)N2CCC(NCC3CC3)(C(N)=O)CC2)cc(-c2ccc(Cl)cc2Cl)n1-c1ccc(Cl)cc1. The van der Waals surface area contributed by atoms with Gasteiger partial charge in [-0.2, -0.15) is 0 Å².